The molecule has 3 aromatic rings. The quantitative estimate of drug-likeness (QED) is 0.709. The van der Waals surface area contributed by atoms with Crippen molar-refractivity contribution in [3.05, 3.63) is 59.7 Å². The number of nitrogen functional groups attached to an aromatic ring is 1. The normalized spacial score (nSPS) is 10.6. The SMILES string of the molecule is Nc1cccc(-c2nc(-c3ccccc3F)cs2)c1. The zero-order valence-electron chi connectivity index (χ0n) is 10.0. The Hall–Kier alpha value is -2.20. The van der Waals surface area contributed by atoms with Gasteiger partial charge in [-0.1, -0.05) is 24.3 Å². The fraction of sp³-hybridized carbons (Fsp3) is 0. The van der Waals surface area contributed by atoms with Gasteiger partial charge < -0.3 is 5.73 Å². The summed E-state index contributed by atoms with van der Waals surface area (Å²) >= 11 is 1.48. The van der Waals surface area contributed by atoms with E-state index in [9.17, 15) is 4.39 Å². The number of anilines is 1. The van der Waals surface area contributed by atoms with E-state index in [4.69, 9.17) is 5.73 Å². The van der Waals surface area contributed by atoms with Crippen LogP contribution in [0.4, 0.5) is 10.1 Å². The highest BCUT2D eigenvalue weighted by Gasteiger charge is 2.09. The first-order chi connectivity index (χ1) is 9.24. The maximum atomic E-state index is 13.7. The summed E-state index contributed by atoms with van der Waals surface area (Å²) in [6.07, 6.45) is 0. The van der Waals surface area contributed by atoms with Gasteiger partial charge in [-0.25, -0.2) is 9.37 Å². The lowest BCUT2D eigenvalue weighted by Gasteiger charge is -1.99. The third kappa shape index (κ3) is 2.35. The molecule has 0 aliphatic carbocycles. The van der Waals surface area contributed by atoms with Gasteiger partial charge in [0.1, 0.15) is 10.8 Å². The lowest BCUT2D eigenvalue weighted by atomic mass is 10.1. The predicted octanol–water partition coefficient (Wildman–Crippen LogP) is 4.20. The molecule has 2 aromatic carbocycles. The Kier molecular flexibility index (Phi) is 3.01. The van der Waals surface area contributed by atoms with Gasteiger partial charge in [0.05, 0.1) is 5.69 Å². The molecule has 94 valence electrons. The number of nitrogens with two attached hydrogens (primary N) is 1. The van der Waals surface area contributed by atoms with Crippen LogP contribution in [0.2, 0.25) is 0 Å². The Morgan fingerprint density at radius 2 is 1.89 bits per heavy atom. The van der Waals surface area contributed by atoms with Crippen molar-refractivity contribution < 1.29 is 4.39 Å². The van der Waals surface area contributed by atoms with Crippen LogP contribution in [0.5, 0.6) is 0 Å². The summed E-state index contributed by atoms with van der Waals surface area (Å²) in [4.78, 5) is 4.48. The van der Waals surface area contributed by atoms with Gasteiger partial charge in [0.15, 0.2) is 0 Å². The average Bonchev–Trinajstić information content (AvgIpc) is 2.89. The van der Waals surface area contributed by atoms with E-state index in [2.05, 4.69) is 4.98 Å². The lowest BCUT2D eigenvalue weighted by molar-refractivity contribution is 0.631. The highest BCUT2D eigenvalue weighted by atomic mass is 32.1. The molecule has 3 rings (SSSR count). The van der Waals surface area contributed by atoms with E-state index in [0.29, 0.717) is 16.9 Å². The van der Waals surface area contributed by atoms with E-state index in [0.717, 1.165) is 10.6 Å². The van der Waals surface area contributed by atoms with Crippen LogP contribution in [0, 0.1) is 5.82 Å². The standard InChI is InChI=1S/C15H11FN2S/c16-13-7-2-1-6-12(13)14-9-19-15(18-14)10-4-3-5-11(17)8-10/h1-9H,17H2. The Morgan fingerprint density at radius 1 is 1.05 bits per heavy atom. The smallest absolute Gasteiger partial charge is 0.132 e. The third-order valence-corrected chi connectivity index (χ3v) is 3.68. The van der Waals surface area contributed by atoms with Crippen LogP contribution < -0.4 is 5.73 Å². The van der Waals surface area contributed by atoms with Gasteiger partial charge in [0.2, 0.25) is 0 Å². The molecule has 0 saturated heterocycles. The fourth-order valence-electron chi connectivity index (χ4n) is 1.87. The Bertz CT molecular complexity index is 721. The Balaban J connectivity index is 2.03. The number of hydrogen-bond acceptors (Lipinski definition) is 3. The third-order valence-electron chi connectivity index (χ3n) is 2.79. The van der Waals surface area contributed by atoms with E-state index < -0.39 is 0 Å². The summed E-state index contributed by atoms with van der Waals surface area (Å²) in [6.45, 7) is 0. The van der Waals surface area contributed by atoms with Crippen LogP contribution in [-0.2, 0) is 0 Å². The molecule has 0 saturated carbocycles. The number of thiazole rings is 1. The van der Waals surface area contributed by atoms with Crippen molar-refractivity contribution in [1.29, 1.82) is 0 Å². The minimum Gasteiger partial charge on any atom is -0.399 e. The van der Waals surface area contributed by atoms with E-state index in [1.165, 1.54) is 17.4 Å². The van der Waals surface area contributed by atoms with Crippen LogP contribution in [0.3, 0.4) is 0 Å². The summed E-state index contributed by atoms with van der Waals surface area (Å²) in [5.74, 6) is -0.257. The monoisotopic (exact) mass is 270 g/mol. The van der Waals surface area contributed by atoms with Gasteiger partial charge in [-0.05, 0) is 24.3 Å². The van der Waals surface area contributed by atoms with E-state index in [1.807, 2.05) is 29.6 Å². The summed E-state index contributed by atoms with van der Waals surface area (Å²) < 4.78 is 13.7. The molecule has 0 fully saturated rings. The second-order valence-electron chi connectivity index (χ2n) is 4.14. The van der Waals surface area contributed by atoms with Gasteiger partial charge in [-0.15, -0.1) is 11.3 Å². The highest BCUT2D eigenvalue weighted by Crippen LogP contribution is 2.30. The minimum absolute atomic E-state index is 0.257. The van der Waals surface area contributed by atoms with Gasteiger partial charge >= 0.3 is 0 Å². The zero-order valence-corrected chi connectivity index (χ0v) is 10.8. The summed E-state index contributed by atoms with van der Waals surface area (Å²) in [6, 6.07) is 14.2. The van der Waals surface area contributed by atoms with Crippen molar-refractivity contribution in [2.75, 3.05) is 5.73 Å². The van der Waals surface area contributed by atoms with Crippen LogP contribution in [0.25, 0.3) is 21.8 Å². The van der Waals surface area contributed by atoms with Crippen molar-refractivity contribution in [1.82, 2.24) is 4.98 Å². The second kappa shape index (κ2) is 4.82. The van der Waals surface area contributed by atoms with Crippen LogP contribution in [0.15, 0.2) is 53.9 Å². The molecule has 0 spiro atoms. The fourth-order valence-corrected chi connectivity index (χ4v) is 2.69. The highest BCUT2D eigenvalue weighted by molar-refractivity contribution is 7.13. The van der Waals surface area contributed by atoms with Crippen molar-refractivity contribution in [2.24, 2.45) is 0 Å². The molecule has 0 atom stereocenters. The molecule has 19 heavy (non-hydrogen) atoms. The predicted molar refractivity (Wildman–Crippen MR) is 77.4 cm³/mol. The molecule has 1 aromatic heterocycles. The topological polar surface area (TPSA) is 38.9 Å². The number of nitrogens with zero attached hydrogens (tertiary/aromatic N) is 1. The molecule has 0 radical (unpaired) electrons. The molecular formula is C15H11FN2S. The summed E-state index contributed by atoms with van der Waals surface area (Å²) in [5.41, 5.74) is 8.58. The van der Waals surface area contributed by atoms with Gasteiger partial charge in [-0.3, -0.25) is 0 Å². The van der Waals surface area contributed by atoms with Crippen LogP contribution in [0.1, 0.15) is 0 Å². The molecular weight excluding hydrogens is 259 g/mol. The molecule has 2 nitrogen and oxygen atoms in total. The maximum Gasteiger partial charge on any atom is 0.132 e. The average molecular weight is 270 g/mol. The largest absolute Gasteiger partial charge is 0.399 e. The molecule has 0 unspecified atom stereocenters. The van der Waals surface area contributed by atoms with E-state index >= 15 is 0 Å². The number of halogens is 1. The number of benzene rings is 2. The number of hydrogen-bond donors (Lipinski definition) is 1. The molecule has 0 amide bonds. The van der Waals surface area contributed by atoms with E-state index in [-0.39, 0.29) is 5.82 Å². The van der Waals surface area contributed by atoms with Crippen LogP contribution in [-0.4, -0.2) is 4.98 Å². The number of rotatable bonds is 2. The first-order valence-corrected chi connectivity index (χ1v) is 6.68. The molecule has 0 bridgehead atoms. The maximum absolute atomic E-state index is 13.7. The number of aromatic nitrogens is 1. The van der Waals surface area contributed by atoms with Gasteiger partial charge in [0, 0.05) is 22.2 Å². The Morgan fingerprint density at radius 3 is 2.68 bits per heavy atom. The second-order valence-corrected chi connectivity index (χ2v) is 5.00. The van der Waals surface area contributed by atoms with Crippen molar-refractivity contribution in [3.8, 4) is 21.8 Å². The first kappa shape index (κ1) is 11.9. The van der Waals surface area contributed by atoms with Crippen LogP contribution >= 0.6 is 11.3 Å². The molecule has 2 N–H and O–H groups in total. The molecule has 0 aliphatic heterocycles. The molecule has 4 heteroatoms. The molecule has 1 heterocycles. The van der Waals surface area contributed by atoms with Crippen molar-refractivity contribution in [3.63, 3.8) is 0 Å². The summed E-state index contributed by atoms with van der Waals surface area (Å²) in [7, 11) is 0. The van der Waals surface area contributed by atoms with Gasteiger partial charge in [-0.2, -0.15) is 0 Å². The van der Waals surface area contributed by atoms with Crippen molar-refractivity contribution >= 4 is 17.0 Å². The Labute approximate surface area is 114 Å². The van der Waals surface area contributed by atoms with Crippen molar-refractivity contribution in [2.45, 2.75) is 0 Å². The minimum atomic E-state index is -0.257. The zero-order chi connectivity index (χ0) is 13.2. The summed E-state index contributed by atoms with van der Waals surface area (Å²) in [5, 5.41) is 2.70. The first-order valence-electron chi connectivity index (χ1n) is 5.80. The lowest BCUT2D eigenvalue weighted by Crippen LogP contribution is -1.86. The van der Waals surface area contributed by atoms with Gasteiger partial charge in [0.25, 0.3) is 0 Å². The molecule has 0 aliphatic rings. The van der Waals surface area contributed by atoms with E-state index in [1.54, 1.807) is 18.2 Å².